The van der Waals surface area contributed by atoms with Gasteiger partial charge in [0.25, 0.3) is 0 Å². The Balaban J connectivity index is 1.70. The number of hydrogen-bond acceptors (Lipinski definition) is 2. The summed E-state index contributed by atoms with van der Waals surface area (Å²) in [5.74, 6) is 0. The second-order valence-electron chi connectivity index (χ2n) is 7.15. The van der Waals surface area contributed by atoms with Crippen LogP contribution >= 0.6 is 0 Å². The molecule has 0 aliphatic rings. The third-order valence-electron chi connectivity index (χ3n) is 5.58. The van der Waals surface area contributed by atoms with Crippen molar-refractivity contribution in [3.63, 3.8) is 0 Å². The molecule has 2 heteroatoms. The van der Waals surface area contributed by atoms with Crippen molar-refractivity contribution in [2.24, 2.45) is 0 Å². The predicted molar refractivity (Wildman–Crippen MR) is 117 cm³/mol. The molecule has 130 valence electrons. The average molecular weight is 356 g/mol. The first-order chi connectivity index (χ1) is 13.9. The van der Waals surface area contributed by atoms with Gasteiger partial charge in [0.2, 0.25) is 0 Å². The fourth-order valence-corrected chi connectivity index (χ4v) is 4.25. The van der Waals surface area contributed by atoms with E-state index in [1.165, 1.54) is 43.4 Å². The maximum absolute atomic E-state index is 4.33. The molecule has 0 amide bonds. The molecule has 0 fully saturated rings. The second kappa shape index (κ2) is 5.86. The van der Waals surface area contributed by atoms with Gasteiger partial charge in [-0.1, -0.05) is 66.7 Å². The molecule has 1 heterocycles. The molecule has 2 nitrogen and oxygen atoms in total. The van der Waals surface area contributed by atoms with E-state index < -0.39 is 0 Å². The standard InChI is InChI=1S/C26H16N2/c1-2-7-22-20(5-1)21-6-3-4-8-23(21)25-14-18(9-11-24(22)25)17-10-12-26-19(13-17)15-27-16-28-26/h1-16H. The first-order valence-corrected chi connectivity index (χ1v) is 9.42. The van der Waals surface area contributed by atoms with Crippen molar-refractivity contribution < 1.29 is 0 Å². The summed E-state index contributed by atoms with van der Waals surface area (Å²) in [6.45, 7) is 0. The first-order valence-electron chi connectivity index (χ1n) is 9.42. The minimum Gasteiger partial charge on any atom is -0.244 e. The van der Waals surface area contributed by atoms with Crippen LogP contribution in [-0.2, 0) is 0 Å². The van der Waals surface area contributed by atoms with Crippen molar-refractivity contribution >= 4 is 43.2 Å². The molecule has 5 aromatic carbocycles. The van der Waals surface area contributed by atoms with Gasteiger partial charge in [-0.2, -0.15) is 0 Å². The van der Waals surface area contributed by atoms with E-state index in [1.54, 1.807) is 6.33 Å². The topological polar surface area (TPSA) is 25.8 Å². The molecule has 0 aliphatic heterocycles. The average Bonchev–Trinajstić information content (AvgIpc) is 2.78. The van der Waals surface area contributed by atoms with E-state index in [0.29, 0.717) is 0 Å². The predicted octanol–water partition coefficient (Wildman–Crippen LogP) is 6.76. The van der Waals surface area contributed by atoms with Gasteiger partial charge >= 0.3 is 0 Å². The van der Waals surface area contributed by atoms with E-state index in [-0.39, 0.29) is 0 Å². The van der Waals surface area contributed by atoms with Gasteiger partial charge in [0.1, 0.15) is 6.33 Å². The van der Waals surface area contributed by atoms with Gasteiger partial charge in [-0.3, -0.25) is 0 Å². The van der Waals surface area contributed by atoms with Gasteiger partial charge in [-0.25, -0.2) is 9.97 Å². The minimum absolute atomic E-state index is 0.969. The van der Waals surface area contributed by atoms with Crippen LogP contribution in [0, 0.1) is 0 Å². The lowest BCUT2D eigenvalue weighted by Gasteiger charge is -2.12. The Labute approximate surface area is 162 Å². The van der Waals surface area contributed by atoms with E-state index in [0.717, 1.165) is 10.9 Å². The van der Waals surface area contributed by atoms with Crippen LogP contribution in [0.4, 0.5) is 0 Å². The summed E-state index contributed by atoms with van der Waals surface area (Å²) in [7, 11) is 0. The Morgan fingerprint density at radius 1 is 0.500 bits per heavy atom. The highest BCUT2D eigenvalue weighted by atomic mass is 14.8. The zero-order valence-corrected chi connectivity index (χ0v) is 15.1. The normalized spacial score (nSPS) is 11.6. The van der Waals surface area contributed by atoms with Crippen molar-refractivity contribution in [1.82, 2.24) is 9.97 Å². The first kappa shape index (κ1) is 15.3. The molecule has 0 N–H and O–H groups in total. The van der Waals surface area contributed by atoms with E-state index >= 15 is 0 Å². The Bertz CT molecular complexity index is 1480. The Morgan fingerprint density at radius 3 is 1.79 bits per heavy atom. The van der Waals surface area contributed by atoms with E-state index in [9.17, 15) is 0 Å². The lowest BCUT2D eigenvalue weighted by Crippen LogP contribution is -1.86. The summed E-state index contributed by atoms with van der Waals surface area (Å²) >= 11 is 0. The fourth-order valence-electron chi connectivity index (χ4n) is 4.25. The van der Waals surface area contributed by atoms with Crippen molar-refractivity contribution in [3.05, 3.63) is 97.5 Å². The van der Waals surface area contributed by atoms with Crippen LogP contribution in [-0.4, -0.2) is 9.97 Å². The van der Waals surface area contributed by atoms with Crippen molar-refractivity contribution in [2.45, 2.75) is 0 Å². The van der Waals surface area contributed by atoms with Gasteiger partial charge in [0.05, 0.1) is 5.52 Å². The van der Waals surface area contributed by atoms with Gasteiger partial charge in [0.15, 0.2) is 0 Å². The molecule has 0 saturated heterocycles. The van der Waals surface area contributed by atoms with Crippen molar-refractivity contribution in [1.29, 1.82) is 0 Å². The van der Waals surface area contributed by atoms with Gasteiger partial charge in [0, 0.05) is 11.6 Å². The van der Waals surface area contributed by atoms with Crippen LogP contribution in [0.2, 0.25) is 0 Å². The van der Waals surface area contributed by atoms with Crippen molar-refractivity contribution in [3.8, 4) is 11.1 Å². The number of benzene rings is 5. The van der Waals surface area contributed by atoms with Gasteiger partial charge < -0.3 is 0 Å². The highest BCUT2D eigenvalue weighted by Gasteiger charge is 2.09. The number of hydrogen-bond donors (Lipinski definition) is 0. The van der Waals surface area contributed by atoms with E-state index in [1.807, 2.05) is 6.20 Å². The highest BCUT2D eigenvalue weighted by molar-refractivity contribution is 6.25. The summed E-state index contributed by atoms with van der Waals surface area (Å²) in [6, 6.07) is 30.5. The summed E-state index contributed by atoms with van der Waals surface area (Å²) in [4.78, 5) is 8.49. The summed E-state index contributed by atoms with van der Waals surface area (Å²) in [5, 5.41) is 8.84. The molecule has 0 atom stereocenters. The molecule has 6 rings (SSSR count). The molecule has 1 aromatic heterocycles. The SMILES string of the molecule is c1ccc2c(c1)c1ccccc1c1cc(-c3ccc4ncncc4c3)ccc21. The fraction of sp³-hybridized carbons (Fsp3) is 0. The van der Waals surface area contributed by atoms with Crippen LogP contribution in [0.15, 0.2) is 97.5 Å². The summed E-state index contributed by atoms with van der Waals surface area (Å²) in [5.41, 5.74) is 3.36. The summed E-state index contributed by atoms with van der Waals surface area (Å²) < 4.78 is 0. The monoisotopic (exact) mass is 356 g/mol. The highest BCUT2D eigenvalue weighted by Crippen LogP contribution is 2.37. The quantitative estimate of drug-likeness (QED) is 0.304. The largest absolute Gasteiger partial charge is 0.244 e. The molecule has 0 spiro atoms. The minimum atomic E-state index is 0.969. The number of nitrogens with zero attached hydrogens (tertiary/aromatic N) is 2. The maximum atomic E-state index is 4.33. The van der Waals surface area contributed by atoms with E-state index in [2.05, 4.69) is 94.9 Å². The van der Waals surface area contributed by atoms with Crippen LogP contribution in [0.1, 0.15) is 0 Å². The third kappa shape index (κ3) is 2.21. The number of aromatic nitrogens is 2. The number of rotatable bonds is 1. The van der Waals surface area contributed by atoms with Gasteiger partial charge in [-0.15, -0.1) is 0 Å². The number of fused-ring (bicyclic) bond motifs is 7. The molecule has 0 aliphatic carbocycles. The second-order valence-corrected chi connectivity index (χ2v) is 7.15. The molecular formula is C26H16N2. The zero-order chi connectivity index (χ0) is 18.5. The Kier molecular flexibility index (Phi) is 3.20. The third-order valence-corrected chi connectivity index (χ3v) is 5.58. The van der Waals surface area contributed by atoms with Crippen LogP contribution in [0.25, 0.3) is 54.3 Å². The summed E-state index contributed by atoms with van der Waals surface area (Å²) in [6.07, 6.45) is 3.46. The Morgan fingerprint density at radius 2 is 1.07 bits per heavy atom. The maximum Gasteiger partial charge on any atom is 0.116 e. The van der Waals surface area contributed by atoms with Gasteiger partial charge in [-0.05, 0) is 61.6 Å². The molecule has 6 aromatic rings. The smallest absolute Gasteiger partial charge is 0.116 e. The van der Waals surface area contributed by atoms with E-state index in [4.69, 9.17) is 0 Å². The molecule has 0 bridgehead atoms. The zero-order valence-electron chi connectivity index (χ0n) is 15.1. The van der Waals surface area contributed by atoms with Crippen LogP contribution in [0.5, 0.6) is 0 Å². The Hall–Kier alpha value is -3.78. The molecular weight excluding hydrogens is 340 g/mol. The molecule has 28 heavy (non-hydrogen) atoms. The van der Waals surface area contributed by atoms with Crippen LogP contribution < -0.4 is 0 Å². The molecule has 0 saturated carbocycles. The van der Waals surface area contributed by atoms with Crippen LogP contribution in [0.3, 0.4) is 0 Å². The lowest BCUT2D eigenvalue weighted by molar-refractivity contribution is 1.22. The van der Waals surface area contributed by atoms with Crippen molar-refractivity contribution in [2.75, 3.05) is 0 Å². The molecule has 0 radical (unpaired) electrons. The molecule has 0 unspecified atom stereocenters. The lowest BCUT2D eigenvalue weighted by atomic mass is 9.92.